The number of carbonyl (C=O) groups excluding carboxylic acids is 5. The summed E-state index contributed by atoms with van der Waals surface area (Å²) < 4.78 is 0.732. The molecule has 0 saturated carbocycles. The molecule has 0 atom stereocenters. The molecule has 2 aromatic rings. The lowest BCUT2D eigenvalue weighted by Gasteiger charge is -2.25. The van der Waals surface area contributed by atoms with Gasteiger partial charge in [0.05, 0.1) is 19.3 Å². The summed E-state index contributed by atoms with van der Waals surface area (Å²) in [4.78, 5) is 86.0. The van der Waals surface area contributed by atoms with Crippen LogP contribution in [0.4, 0.5) is 0 Å². The van der Waals surface area contributed by atoms with Crippen molar-refractivity contribution in [3.8, 4) is 23.5 Å². The Hall–Kier alpha value is -5.29. The molecule has 3 heterocycles. The van der Waals surface area contributed by atoms with Crippen LogP contribution in [0.25, 0.3) is 0 Å². The highest BCUT2D eigenvalue weighted by atomic mass is 16.7. The van der Waals surface area contributed by atoms with E-state index >= 15 is 0 Å². The lowest BCUT2D eigenvalue weighted by molar-refractivity contribution is -0.573. The fourth-order valence-electron chi connectivity index (χ4n) is 3.74. The van der Waals surface area contributed by atoms with E-state index in [0.29, 0.717) is 9.46 Å². The Morgan fingerprint density at radius 3 is 1.38 bits per heavy atom. The van der Waals surface area contributed by atoms with E-state index in [1.165, 1.54) is 0 Å². The van der Waals surface area contributed by atoms with Crippen LogP contribution in [0.3, 0.4) is 0 Å². The van der Waals surface area contributed by atoms with Crippen LogP contribution in [0, 0.1) is 10.1 Å². The molecule has 216 valence electrons. The van der Waals surface area contributed by atoms with E-state index in [2.05, 4.69) is 0 Å². The highest BCUT2D eigenvalue weighted by molar-refractivity contribution is 6.01. The number of nitrogens with zero attached hydrogens (tertiary/aromatic N) is 4. The minimum absolute atomic E-state index is 0.172. The monoisotopic (exact) mass is 568 g/mol. The van der Waals surface area contributed by atoms with Crippen molar-refractivity contribution < 1.29 is 63.8 Å². The molecule has 1 aliphatic rings. The average molecular weight is 568 g/mol. The van der Waals surface area contributed by atoms with Crippen molar-refractivity contribution in [2.75, 3.05) is 0 Å². The number of hydroxylamine groups is 2. The summed E-state index contributed by atoms with van der Waals surface area (Å²) in [6, 6.07) is 4.05. The maximum absolute atomic E-state index is 12.3. The Morgan fingerprint density at radius 2 is 1.05 bits per heavy atom. The first-order valence-corrected chi connectivity index (χ1v) is 11.7. The lowest BCUT2D eigenvalue weighted by atomic mass is 9.84. The van der Waals surface area contributed by atoms with Crippen LogP contribution in [-0.2, 0) is 28.8 Å². The van der Waals surface area contributed by atoms with E-state index in [9.17, 15) is 54.5 Å². The second kappa shape index (κ2) is 12.0. The first kappa shape index (κ1) is 29.3. The second-order valence-corrected chi connectivity index (χ2v) is 8.64. The van der Waals surface area contributed by atoms with Crippen LogP contribution in [0.5, 0.6) is 23.5 Å². The first-order chi connectivity index (χ1) is 18.8. The van der Waals surface area contributed by atoms with Crippen LogP contribution in [-0.4, -0.2) is 75.1 Å². The van der Waals surface area contributed by atoms with Crippen molar-refractivity contribution in [3.63, 3.8) is 0 Å². The standard InChI is InChI=1S/C22H24N4O14/c27-13-1-2-14(28)23(13)38-19(33)7-10-22(26(36)37,11-8-20(34)39-24-15(29)3-4-16(24)30)12-9-21(35)40-25-17(31)5-6-18(25)32/h1-4,27-30H,5-12H2. The number of rotatable bonds is 13. The highest BCUT2D eigenvalue weighted by Crippen LogP contribution is 2.31. The number of amides is 2. The van der Waals surface area contributed by atoms with Gasteiger partial charge in [-0.2, -0.15) is 0 Å². The SMILES string of the molecule is O=C(CCC(CCC(=O)On1c(O)ccc1O)(CCC(=O)On1c(O)ccc1O)[N+](=O)[O-])ON1C(=O)CCC1=O. The van der Waals surface area contributed by atoms with Gasteiger partial charge in [0.2, 0.25) is 29.1 Å². The molecule has 2 amide bonds. The molecule has 18 heteroatoms. The maximum atomic E-state index is 12.3. The number of imide groups is 1. The number of hydrogen-bond acceptors (Lipinski definition) is 14. The van der Waals surface area contributed by atoms with Gasteiger partial charge >= 0.3 is 17.9 Å². The molecule has 1 saturated heterocycles. The van der Waals surface area contributed by atoms with E-state index in [4.69, 9.17) is 14.5 Å². The molecular weight excluding hydrogens is 544 g/mol. The predicted molar refractivity (Wildman–Crippen MR) is 123 cm³/mol. The molecule has 0 unspecified atom stereocenters. The number of hydrogen-bond donors (Lipinski definition) is 4. The Morgan fingerprint density at radius 1 is 0.725 bits per heavy atom. The molecule has 18 nitrogen and oxygen atoms in total. The van der Waals surface area contributed by atoms with Crippen LogP contribution in [0.1, 0.15) is 51.4 Å². The molecule has 0 aliphatic carbocycles. The zero-order valence-electron chi connectivity index (χ0n) is 20.6. The van der Waals surface area contributed by atoms with Gasteiger partial charge in [-0.1, -0.05) is 0 Å². The van der Waals surface area contributed by atoms with Crippen LogP contribution >= 0.6 is 0 Å². The second-order valence-electron chi connectivity index (χ2n) is 8.64. The quantitative estimate of drug-likeness (QED) is 0.137. The maximum Gasteiger partial charge on any atom is 0.333 e. The van der Waals surface area contributed by atoms with Gasteiger partial charge in [0.25, 0.3) is 11.8 Å². The summed E-state index contributed by atoms with van der Waals surface area (Å²) >= 11 is 0. The third kappa shape index (κ3) is 6.77. The number of nitro groups is 1. The highest BCUT2D eigenvalue weighted by Gasteiger charge is 2.44. The van der Waals surface area contributed by atoms with Gasteiger partial charge in [0.15, 0.2) is 0 Å². The Balaban J connectivity index is 1.72. The predicted octanol–water partition coefficient (Wildman–Crippen LogP) is -0.314. The van der Waals surface area contributed by atoms with E-state index in [1.54, 1.807) is 0 Å². The summed E-state index contributed by atoms with van der Waals surface area (Å²) in [6.07, 6.45) is -4.30. The van der Waals surface area contributed by atoms with Crippen molar-refractivity contribution in [2.45, 2.75) is 56.9 Å². The van der Waals surface area contributed by atoms with Gasteiger partial charge in [0, 0.05) is 61.3 Å². The molecule has 1 aliphatic heterocycles. The molecule has 0 aromatic carbocycles. The fraction of sp³-hybridized carbons (Fsp3) is 0.409. The molecule has 2 aromatic heterocycles. The van der Waals surface area contributed by atoms with E-state index in [-0.39, 0.29) is 17.9 Å². The third-order valence-electron chi connectivity index (χ3n) is 5.95. The molecule has 0 bridgehead atoms. The summed E-state index contributed by atoms with van der Waals surface area (Å²) in [7, 11) is 0. The van der Waals surface area contributed by atoms with Gasteiger partial charge in [-0.05, 0) is 0 Å². The summed E-state index contributed by atoms with van der Waals surface area (Å²) in [5.74, 6) is -7.51. The van der Waals surface area contributed by atoms with Gasteiger partial charge in [-0.3, -0.25) is 19.7 Å². The van der Waals surface area contributed by atoms with Gasteiger partial charge in [-0.15, -0.1) is 14.5 Å². The molecule has 3 rings (SSSR count). The zero-order valence-corrected chi connectivity index (χ0v) is 20.6. The summed E-state index contributed by atoms with van der Waals surface area (Å²) in [5.41, 5.74) is -2.17. The zero-order chi connectivity index (χ0) is 29.6. The van der Waals surface area contributed by atoms with Crippen LogP contribution in [0.15, 0.2) is 24.3 Å². The number of aromatic nitrogens is 2. The molecule has 0 radical (unpaired) electrons. The van der Waals surface area contributed by atoms with Crippen molar-refractivity contribution in [1.82, 2.24) is 14.5 Å². The fourth-order valence-corrected chi connectivity index (χ4v) is 3.74. The largest absolute Gasteiger partial charge is 0.492 e. The van der Waals surface area contributed by atoms with E-state index in [0.717, 1.165) is 24.3 Å². The lowest BCUT2D eigenvalue weighted by Crippen LogP contribution is -2.41. The average Bonchev–Trinajstić information content (AvgIpc) is 3.51. The summed E-state index contributed by atoms with van der Waals surface area (Å²) in [5, 5.41) is 50.9. The van der Waals surface area contributed by atoms with Crippen molar-refractivity contribution in [3.05, 3.63) is 34.4 Å². The van der Waals surface area contributed by atoms with E-state index < -0.39 is 102 Å². The Bertz CT molecular complexity index is 1210. The molecule has 0 spiro atoms. The van der Waals surface area contributed by atoms with E-state index in [1.807, 2.05) is 0 Å². The molecular formula is C22H24N4O14. The minimum atomic E-state index is -2.17. The van der Waals surface area contributed by atoms with Crippen LogP contribution < -0.4 is 9.68 Å². The van der Waals surface area contributed by atoms with Gasteiger partial charge in [0.1, 0.15) is 0 Å². The minimum Gasteiger partial charge on any atom is -0.492 e. The third-order valence-corrected chi connectivity index (χ3v) is 5.95. The topological polar surface area (TPSA) is 250 Å². The molecule has 40 heavy (non-hydrogen) atoms. The smallest absolute Gasteiger partial charge is 0.333 e. The molecule has 4 N–H and O–H groups in total. The molecule has 1 fully saturated rings. The number of aromatic hydroxyl groups is 4. The van der Waals surface area contributed by atoms with Crippen LogP contribution in [0.2, 0.25) is 0 Å². The van der Waals surface area contributed by atoms with Crippen molar-refractivity contribution in [1.29, 1.82) is 0 Å². The normalized spacial score (nSPS) is 13.3. The van der Waals surface area contributed by atoms with Crippen molar-refractivity contribution in [2.24, 2.45) is 0 Å². The van der Waals surface area contributed by atoms with Crippen molar-refractivity contribution >= 4 is 29.7 Å². The first-order valence-electron chi connectivity index (χ1n) is 11.7. The summed E-state index contributed by atoms with van der Waals surface area (Å²) in [6.45, 7) is 0. The number of carbonyl (C=O) groups is 5. The van der Waals surface area contributed by atoms with Gasteiger partial charge < -0.3 is 34.9 Å². The Labute approximate surface area is 223 Å². The Kier molecular flexibility index (Phi) is 8.82. The van der Waals surface area contributed by atoms with Gasteiger partial charge in [-0.25, -0.2) is 14.4 Å².